The molecule has 0 spiro atoms. The Balaban J connectivity index is 1.33. The van der Waals surface area contributed by atoms with E-state index in [1.807, 2.05) is 22.2 Å². The number of hydrogen-bond acceptors (Lipinski definition) is 7. The number of aromatic nitrogens is 1. The summed E-state index contributed by atoms with van der Waals surface area (Å²) in [4.78, 5) is 47.7. The van der Waals surface area contributed by atoms with Crippen LogP contribution in [0.5, 0.6) is 0 Å². The number of benzene rings is 1. The molecule has 1 aliphatic carbocycles. The molecule has 2 amide bonds. The van der Waals surface area contributed by atoms with Crippen molar-refractivity contribution >= 4 is 46.1 Å². The maximum atomic E-state index is 13.6. The van der Waals surface area contributed by atoms with E-state index in [-0.39, 0.29) is 37.3 Å². The van der Waals surface area contributed by atoms with E-state index in [0.717, 1.165) is 23.4 Å². The van der Waals surface area contributed by atoms with Gasteiger partial charge >= 0.3 is 5.97 Å². The second-order valence-corrected chi connectivity index (χ2v) is 9.84. The van der Waals surface area contributed by atoms with E-state index in [0.29, 0.717) is 16.9 Å². The number of hydrogen-bond donors (Lipinski definition) is 0. The van der Waals surface area contributed by atoms with E-state index in [2.05, 4.69) is 4.98 Å². The number of fused-ring (bicyclic) bond motifs is 3. The Morgan fingerprint density at radius 1 is 1.19 bits per heavy atom. The third-order valence-electron chi connectivity index (χ3n) is 6.21. The molecule has 7 nitrogen and oxygen atoms in total. The van der Waals surface area contributed by atoms with Crippen LogP contribution in [0.3, 0.4) is 0 Å². The molecule has 1 saturated carbocycles. The number of esters is 1. The summed E-state index contributed by atoms with van der Waals surface area (Å²) in [5.41, 5.74) is 1.21. The largest absolute Gasteiger partial charge is 0.456 e. The molecule has 4 heterocycles. The Morgan fingerprint density at radius 2 is 2.03 bits per heavy atom. The molecule has 162 valence electrons. The summed E-state index contributed by atoms with van der Waals surface area (Å²) >= 11 is 3.09. The van der Waals surface area contributed by atoms with Crippen LogP contribution in [-0.2, 0) is 20.9 Å². The molecule has 32 heavy (non-hydrogen) atoms. The van der Waals surface area contributed by atoms with Gasteiger partial charge in [-0.3, -0.25) is 14.5 Å². The lowest BCUT2D eigenvalue weighted by Crippen LogP contribution is -2.69. The zero-order chi connectivity index (χ0) is 21.9. The lowest BCUT2D eigenvalue weighted by Gasteiger charge is -2.48. The molecule has 1 unspecified atom stereocenters. The van der Waals surface area contributed by atoms with Gasteiger partial charge in [0, 0.05) is 35.2 Å². The molecular formula is C23H19N3O4S2. The lowest BCUT2D eigenvalue weighted by molar-refractivity contribution is -0.159. The van der Waals surface area contributed by atoms with Crippen LogP contribution in [0.15, 0.2) is 46.5 Å². The minimum atomic E-state index is -1.42. The highest BCUT2D eigenvalue weighted by Gasteiger charge is 2.64. The average Bonchev–Trinajstić information content (AvgIpc) is 3.19. The Morgan fingerprint density at radius 3 is 2.81 bits per heavy atom. The van der Waals surface area contributed by atoms with Crippen molar-refractivity contribution in [2.75, 3.05) is 4.90 Å². The molecule has 0 bridgehead atoms. The zero-order valence-electron chi connectivity index (χ0n) is 17.0. The number of rotatable bonds is 5. The first-order valence-corrected chi connectivity index (χ1v) is 12.3. The number of thiazole rings is 1. The number of carbonyl (C=O) groups is 3. The Bertz CT molecular complexity index is 1230. The van der Waals surface area contributed by atoms with Crippen LogP contribution in [0.25, 0.3) is 10.6 Å². The SMILES string of the molecule is O=C1CCC2(C(=O)OCc3csc(-c4ccsc4)n3)N1c1ccccc1C(=O)N2C1CC1. The highest BCUT2D eigenvalue weighted by molar-refractivity contribution is 7.14. The van der Waals surface area contributed by atoms with Gasteiger partial charge in [0.1, 0.15) is 11.6 Å². The van der Waals surface area contributed by atoms with Crippen molar-refractivity contribution in [3.05, 3.63) is 57.7 Å². The maximum Gasteiger partial charge on any atom is 0.354 e. The third kappa shape index (κ3) is 2.84. The van der Waals surface area contributed by atoms with E-state index >= 15 is 0 Å². The van der Waals surface area contributed by atoms with Crippen molar-refractivity contribution in [1.82, 2.24) is 9.88 Å². The van der Waals surface area contributed by atoms with Crippen molar-refractivity contribution in [3.8, 4) is 10.6 Å². The number of ether oxygens (including phenoxy) is 1. The molecule has 2 fully saturated rings. The first-order chi connectivity index (χ1) is 15.6. The fraction of sp³-hybridized carbons (Fsp3) is 0.304. The molecule has 2 aromatic heterocycles. The predicted molar refractivity (Wildman–Crippen MR) is 120 cm³/mol. The third-order valence-corrected chi connectivity index (χ3v) is 7.83. The van der Waals surface area contributed by atoms with Crippen molar-refractivity contribution < 1.29 is 19.1 Å². The van der Waals surface area contributed by atoms with Gasteiger partial charge in [-0.05, 0) is 36.4 Å². The Kier molecular flexibility index (Phi) is 4.44. The van der Waals surface area contributed by atoms with Crippen LogP contribution in [0.1, 0.15) is 41.7 Å². The molecule has 2 aliphatic heterocycles. The number of anilines is 1. The molecule has 3 aromatic rings. The van der Waals surface area contributed by atoms with Crippen LogP contribution in [0, 0.1) is 0 Å². The number of thiophene rings is 1. The minimum Gasteiger partial charge on any atom is -0.456 e. The van der Waals surface area contributed by atoms with Gasteiger partial charge in [-0.1, -0.05) is 12.1 Å². The second-order valence-electron chi connectivity index (χ2n) is 8.20. The van der Waals surface area contributed by atoms with Gasteiger partial charge in [0.15, 0.2) is 0 Å². The van der Waals surface area contributed by atoms with Gasteiger partial charge in [-0.25, -0.2) is 9.78 Å². The standard InChI is InChI=1S/C23H19N3O4S2/c27-19-7-9-23(22(29)30-11-15-13-32-20(24-15)14-8-10-31-12-14)25(16-5-6-16)21(28)17-3-1-2-4-18(17)26(19)23/h1-4,8,10,12-13,16H,5-7,9,11H2. The molecule has 9 heteroatoms. The van der Waals surface area contributed by atoms with Gasteiger partial charge in [0.25, 0.3) is 5.91 Å². The van der Waals surface area contributed by atoms with Crippen LogP contribution in [-0.4, -0.2) is 39.4 Å². The highest BCUT2D eigenvalue weighted by Crippen LogP contribution is 2.49. The van der Waals surface area contributed by atoms with Gasteiger partial charge in [0.05, 0.1) is 16.9 Å². The smallest absolute Gasteiger partial charge is 0.354 e. The average molecular weight is 466 g/mol. The quantitative estimate of drug-likeness (QED) is 0.531. The first kappa shape index (κ1) is 19.6. The monoisotopic (exact) mass is 465 g/mol. The normalized spacial score (nSPS) is 22.1. The highest BCUT2D eigenvalue weighted by atomic mass is 32.1. The first-order valence-electron chi connectivity index (χ1n) is 10.5. The summed E-state index contributed by atoms with van der Waals surface area (Å²) in [5.74, 6) is -0.941. The van der Waals surface area contributed by atoms with E-state index < -0.39 is 11.6 Å². The van der Waals surface area contributed by atoms with Crippen LogP contribution in [0.4, 0.5) is 5.69 Å². The van der Waals surface area contributed by atoms with Crippen LogP contribution >= 0.6 is 22.7 Å². The lowest BCUT2D eigenvalue weighted by atomic mass is 9.96. The van der Waals surface area contributed by atoms with Gasteiger partial charge < -0.3 is 9.64 Å². The van der Waals surface area contributed by atoms with Gasteiger partial charge in [-0.2, -0.15) is 11.3 Å². The molecule has 1 saturated heterocycles. The maximum absolute atomic E-state index is 13.6. The van der Waals surface area contributed by atoms with Crippen molar-refractivity contribution in [3.63, 3.8) is 0 Å². The molecule has 6 rings (SSSR count). The van der Waals surface area contributed by atoms with Crippen LogP contribution < -0.4 is 4.90 Å². The van der Waals surface area contributed by atoms with Crippen molar-refractivity contribution in [1.29, 1.82) is 0 Å². The fourth-order valence-corrected chi connectivity index (χ4v) is 6.18. The van der Waals surface area contributed by atoms with E-state index in [9.17, 15) is 14.4 Å². The fourth-order valence-electron chi connectivity index (χ4n) is 4.66. The van der Waals surface area contributed by atoms with Crippen molar-refractivity contribution in [2.24, 2.45) is 0 Å². The second kappa shape index (κ2) is 7.25. The number of nitrogens with zero attached hydrogens (tertiary/aromatic N) is 3. The number of para-hydroxylation sites is 1. The summed E-state index contributed by atoms with van der Waals surface area (Å²) in [6, 6.07) is 8.95. The summed E-state index contributed by atoms with van der Waals surface area (Å²) in [7, 11) is 0. The summed E-state index contributed by atoms with van der Waals surface area (Å²) in [6.45, 7) is -0.00239. The molecule has 0 radical (unpaired) electrons. The predicted octanol–water partition coefficient (Wildman–Crippen LogP) is 4.06. The minimum absolute atomic E-state index is 0.00239. The molecule has 0 N–H and O–H groups in total. The molecular weight excluding hydrogens is 446 g/mol. The number of amides is 2. The Hall–Kier alpha value is -3.04. The topological polar surface area (TPSA) is 79.8 Å². The van der Waals surface area contributed by atoms with E-state index in [4.69, 9.17) is 4.74 Å². The van der Waals surface area contributed by atoms with E-state index in [1.54, 1.807) is 40.5 Å². The van der Waals surface area contributed by atoms with E-state index in [1.165, 1.54) is 16.2 Å². The summed E-state index contributed by atoms with van der Waals surface area (Å²) in [5, 5.41) is 6.75. The number of carbonyl (C=O) groups excluding carboxylic acids is 3. The molecule has 1 aromatic carbocycles. The zero-order valence-corrected chi connectivity index (χ0v) is 18.7. The summed E-state index contributed by atoms with van der Waals surface area (Å²) < 4.78 is 5.74. The van der Waals surface area contributed by atoms with Crippen LogP contribution in [0.2, 0.25) is 0 Å². The van der Waals surface area contributed by atoms with Gasteiger partial charge in [0.2, 0.25) is 11.6 Å². The van der Waals surface area contributed by atoms with Crippen molar-refractivity contribution in [2.45, 2.75) is 44.0 Å². The Labute approximate surface area is 192 Å². The van der Waals surface area contributed by atoms with Gasteiger partial charge in [-0.15, -0.1) is 11.3 Å². The molecule has 1 atom stereocenters. The molecule has 3 aliphatic rings. The summed E-state index contributed by atoms with van der Waals surface area (Å²) in [6.07, 6.45) is 2.07.